The lowest BCUT2D eigenvalue weighted by atomic mass is 9.99. The molecule has 0 aliphatic carbocycles. The van der Waals surface area contributed by atoms with Gasteiger partial charge in [-0.15, -0.1) is 5.10 Å². The summed E-state index contributed by atoms with van der Waals surface area (Å²) in [6.45, 7) is 6.03. The Hall–Kier alpha value is -3.09. The quantitative estimate of drug-likeness (QED) is 0.418. The number of benzene rings is 2. The van der Waals surface area contributed by atoms with Gasteiger partial charge in [0.05, 0.1) is 12.1 Å². The van der Waals surface area contributed by atoms with Crippen LogP contribution < -0.4 is 0 Å². The van der Waals surface area contributed by atoms with Crippen LogP contribution in [0, 0.1) is 0 Å². The van der Waals surface area contributed by atoms with Crippen LogP contribution in [0.4, 0.5) is 8.78 Å². The molecule has 1 atom stereocenters. The molecule has 0 aliphatic heterocycles. The first-order valence-electron chi connectivity index (χ1n) is 11.0. The van der Waals surface area contributed by atoms with Crippen molar-refractivity contribution >= 4 is 5.97 Å². The minimum Gasteiger partial charge on any atom is -0.478 e. The van der Waals surface area contributed by atoms with E-state index in [1.54, 1.807) is 23.7 Å². The zero-order valence-electron chi connectivity index (χ0n) is 18.7. The van der Waals surface area contributed by atoms with Crippen molar-refractivity contribution in [2.45, 2.75) is 64.8 Å². The maximum Gasteiger partial charge on any atom is 0.335 e. The Labute approximate surface area is 187 Å². The summed E-state index contributed by atoms with van der Waals surface area (Å²) in [5, 5.41) is 13.5. The number of carboxylic acid groups (broad SMARTS) is 1. The lowest BCUT2D eigenvalue weighted by Crippen LogP contribution is -2.15. The van der Waals surface area contributed by atoms with Crippen LogP contribution >= 0.6 is 0 Å². The topological polar surface area (TPSA) is 68.0 Å². The molecule has 2 aromatic carbocycles. The Kier molecular flexibility index (Phi) is 7.38. The summed E-state index contributed by atoms with van der Waals surface area (Å²) in [7, 11) is 0. The summed E-state index contributed by atoms with van der Waals surface area (Å²) >= 11 is 0. The number of aromatic nitrogens is 3. The second-order valence-electron chi connectivity index (χ2n) is 8.17. The maximum atomic E-state index is 14.4. The van der Waals surface area contributed by atoms with Crippen molar-refractivity contribution in [1.29, 1.82) is 0 Å². The third-order valence-electron chi connectivity index (χ3n) is 5.64. The van der Waals surface area contributed by atoms with E-state index in [0.717, 1.165) is 23.1 Å². The first kappa shape index (κ1) is 23.6. The monoisotopic (exact) mass is 441 g/mol. The standard InChI is InChI=1S/C25H29F2N3O2/c1-4-14-25(26,27)24-28-22(17(3)5-2)30(29-24)16-19-12-10-18(11-13-19)15-20-8-6-7-9-21(20)23(31)32/h6-13,17H,4-5,14-16H2,1-3H3,(H,31,32). The molecule has 32 heavy (non-hydrogen) atoms. The number of alkyl halides is 2. The first-order valence-corrected chi connectivity index (χ1v) is 11.0. The Balaban J connectivity index is 1.82. The van der Waals surface area contributed by atoms with Crippen LogP contribution in [0.25, 0.3) is 0 Å². The third kappa shape index (κ3) is 5.39. The molecule has 1 unspecified atom stereocenters. The molecule has 0 radical (unpaired) electrons. The molecule has 170 valence electrons. The lowest BCUT2D eigenvalue weighted by Gasteiger charge is -2.11. The molecule has 3 aromatic rings. The minimum atomic E-state index is -3.04. The molecule has 1 aromatic heterocycles. The Morgan fingerprint density at radius 1 is 1.09 bits per heavy atom. The molecule has 0 spiro atoms. The highest BCUT2D eigenvalue weighted by atomic mass is 19.3. The average molecular weight is 442 g/mol. The number of rotatable bonds is 10. The van der Waals surface area contributed by atoms with Crippen LogP contribution in [0.15, 0.2) is 48.5 Å². The van der Waals surface area contributed by atoms with E-state index in [9.17, 15) is 18.7 Å². The average Bonchev–Trinajstić information content (AvgIpc) is 3.19. The van der Waals surface area contributed by atoms with Crippen LogP contribution in [-0.2, 0) is 18.9 Å². The second kappa shape index (κ2) is 10.0. The highest BCUT2D eigenvalue weighted by Crippen LogP contribution is 2.32. The van der Waals surface area contributed by atoms with E-state index in [2.05, 4.69) is 10.1 Å². The summed E-state index contributed by atoms with van der Waals surface area (Å²) in [5.41, 5.74) is 2.92. The van der Waals surface area contributed by atoms with E-state index >= 15 is 0 Å². The summed E-state index contributed by atoms with van der Waals surface area (Å²) in [5.74, 6) is -3.81. The fourth-order valence-electron chi connectivity index (χ4n) is 3.64. The zero-order valence-corrected chi connectivity index (χ0v) is 18.7. The SMILES string of the molecule is CCCC(F)(F)c1nc(C(C)CC)n(Cc2ccc(Cc3ccccc3C(=O)O)cc2)n1. The van der Waals surface area contributed by atoms with Gasteiger partial charge in [-0.3, -0.25) is 0 Å². The molecule has 0 fully saturated rings. The van der Waals surface area contributed by atoms with Gasteiger partial charge in [-0.2, -0.15) is 8.78 Å². The van der Waals surface area contributed by atoms with E-state index in [1.807, 2.05) is 50.2 Å². The number of hydrogen-bond acceptors (Lipinski definition) is 3. The molecule has 3 rings (SSSR count). The molecular weight excluding hydrogens is 412 g/mol. The van der Waals surface area contributed by atoms with Crippen LogP contribution in [0.5, 0.6) is 0 Å². The van der Waals surface area contributed by atoms with Gasteiger partial charge >= 0.3 is 11.9 Å². The number of halogens is 2. The number of aromatic carboxylic acids is 1. The van der Waals surface area contributed by atoms with Crippen molar-refractivity contribution < 1.29 is 18.7 Å². The van der Waals surface area contributed by atoms with Crippen molar-refractivity contribution in [3.05, 3.63) is 82.4 Å². The van der Waals surface area contributed by atoms with Crippen molar-refractivity contribution in [1.82, 2.24) is 14.8 Å². The maximum absolute atomic E-state index is 14.4. The molecule has 0 saturated heterocycles. The van der Waals surface area contributed by atoms with Crippen LogP contribution in [0.2, 0.25) is 0 Å². The van der Waals surface area contributed by atoms with Crippen molar-refractivity contribution in [3.63, 3.8) is 0 Å². The van der Waals surface area contributed by atoms with Crippen LogP contribution in [-0.4, -0.2) is 25.8 Å². The summed E-state index contributed by atoms with van der Waals surface area (Å²) in [4.78, 5) is 15.6. The molecule has 1 heterocycles. The molecular formula is C25H29F2N3O2. The van der Waals surface area contributed by atoms with E-state index in [-0.39, 0.29) is 17.9 Å². The number of carboxylic acids is 1. The number of carbonyl (C=O) groups is 1. The van der Waals surface area contributed by atoms with E-state index < -0.39 is 17.7 Å². The highest BCUT2D eigenvalue weighted by Gasteiger charge is 2.36. The molecule has 7 heteroatoms. The van der Waals surface area contributed by atoms with E-state index in [4.69, 9.17) is 0 Å². The molecule has 0 bridgehead atoms. The molecule has 5 nitrogen and oxygen atoms in total. The zero-order chi connectivity index (χ0) is 23.3. The molecule has 0 saturated carbocycles. The predicted octanol–water partition coefficient (Wildman–Crippen LogP) is 6.02. The van der Waals surface area contributed by atoms with Crippen molar-refractivity contribution in [3.8, 4) is 0 Å². The Morgan fingerprint density at radius 2 is 1.75 bits per heavy atom. The van der Waals surface area contributed by atoms with E-state index in [0.29, 0.717) is 25.2 Å². The number of hydrogen-bond donors (Lipinski definition) is 1. The largest absolute Gasteiger partial charge is 0.478 e. The van der Waals surface area contributed by atoms with Gasteiger partial charge in [0.1, 0.15) is 5.82 Å². The molecule has 0 amide bonds. The Bertz CT molecular complexity index is 1060. The van der Waals surface area contributed by atoms with Gasteiger partial charge in [-0.25, -0.2) is 14.5 Å². The smallest absolute Gasteiger partial charge is 0.335 e. The fourth-order valence-corrected chi connectivity index (χ4v) is 3.64. The Morgan fingerprint density at radius 3 is 2.38 bits per heavy atom. The normalized spacial score (nSPS) is 12.7. The van der Waals surface area contributed by atoms with Gasteiger partial charge < -0.3 is 5.11 Å². The van der Waals surface area contributed by atoms with Gasteiger partial charge in [0.25, 0.3) is 0 Å². The van der Waals surface area contributed by atoms with Gasteiger partial charge in [-0.05, 0) is 42.0 Å². The van der Waals surface area contributed by atoms with Gasteiger partial charge in [-0.1, -0.05) is 63.2 Å². The van der Waals surface area contributed by atoms with Gasteiger partial charge in [0.15, 0.2) is 0 Å². The third-order valence-corrected chi connectivity index (χ3v) is 5.64. The van der Waals surface area contributed by atoms with Crippen molar-refractivity contribution in [2.24, 2.45) is 0 Å². The minimum absolute atomic E-state index is 0.0143. The van der Waals surface area contributed by atoms with Crippen LogP contribution in [0.1, 0.15) is 84.6 Å². The van der Waals surface area contributed by atoms with Crippen LogP contribution in [0.3, 0.4) is 0 Å². The molecule has 1 N–H and O–H groups in total. The number of nitrogens with zero attached hydrogens (tertiary/aromatic N) is 3. The van der Waals surface area contributed by atoms with Crippen molar-refractivity contribution in [2.75, 3.05) is 0 Å². The second-order valence-corrected chi connectivity index (χ2v) is 8.17. The molecule has 0 aliphatic rings. The fraction of sp³-hybridized carbons (Fsp3) is 0.400. The highest BCUT2D eigenvalue weighted by molar-refractivity contribution is 5.89. The summed E-state index contributed by atoms with van der Waals surface area (Å²) in [6.07, 6.45) is 1.35. The lowest BCUT2D eigenvalue weighted by molar-refractivity contribution is -0.0232. The van der Waals surface area contributed by atoms with Gasteiger partial charge in [0, 0.05) is 12.3 Å². The van der Waals surface area contributed by atoms with Gasteiger partial charge in [0.2, 0.25) is 5.82 Å². The first-order chi connectivity index (χ1) is 15.2. The van der Waals surface area contributed by atoms with E-state index in [1.165, 1.54) is 0 Å². The summed E-state index contributed by atoms with van der Waals surface area (Å²) < 4.78 is 30.4. The predicted molar refractivity (Wildman–Crippen MR) is 119 cm³/mol. The summed E-state index contributed by atoms with van der Waals surface area (Å²) in [6, 6.07) is 14.6.